The Hall–Kier alpha value is -2.34. The molecule has 5 rings (SSSR count). The van der Waals surface area contributed by atoms with Crippen LogP contribution >= 0.6 is 11.6 Å². The van der Waals surface area contributed by atoms with Gasteiger partial charge >= 0.3 is 0 Å². The Morgan fingerprint density at radius 2 is 1.66 bits per heavy atom. The van der Waals surface area contributed by atoms with Crippen molar-refractivity contribution in [1.82, 2.24) is 9.80 Å². The third kappa shape index (κ3) is 2.96. The molecule has 0 spiro atoms. The van der Waals surface area contributed by atoms with Crippen LogP contribution in [0.15, 0.2) is 30.4 Å². The van der Waals surface area contributed by atoms with E-state index in [0.717, 1.165) is 17.7 Å². The number of hydrogen-bond acceptors (Lipinski definition) is 4. The molecule has 2 aliphatic carbocycles. The highest BCUT2D eigenvalue weighted by Crippen LogP contribution is 2.52. The van der Waals surface area contributed by atoms with Gasteiger partial charge in [-0.3, -0.25) is 19.3 Å². The van der Waals surface area contributed by atoms with Crippen LogP contribution in [-0.2, 0) is 14.4 Å². The molecule has 6 nitrogen and oxygen atoms in total. The second-order valence-corrected chi connectivity index (χ2v) is 9.00. The van der Waals surface area contributed by atoms with Gasteiger partial charge in [-0.1, -0.05) is 29.8 Å². The van der Waals surface area contributed by atoms with Gasteiger partial charge in [-0.2, -0.15) is 0 Å². The molecule has 4 aliphatic rings. The summed E-state index contributed by atoms with van der Waals surface area (Å²) in [6, 6.07) is 5.83. The van der Waals surface area contributed by atoms with Crippen LogP contribution in [0.3, 0.4) is 0 Å². The zero-order valence-electron chi connectivity index (χ0n) is 16.4. The molecule has 0 radical (unpaired) electrons. The normalized spacial score (nSPS) is 30.5. The van der Waals surface area contributed by atoms with Crippen molar-refractivity contribution in [3.8, 4) is 0 Å². The number of halogens is 1. The smallest absolute Gasteiger partial charge is 0.242 e. The molecule has 3 amide bonds. The lowest BCUT2D eigenvalue weighted by atomic mass is 9.85. The molecule has 0 aromatic heterocycles. The summed E-state index contributed by atoms with van der Waals surface area (Å²) in [5, 5.41) is 0.698. The molecular formula is C22H24ClN3O3. The third-order valence-electron chi connectivity index (χ3n) is 7.00. The zero-order chi connectivity index (χ0) is 20.3. The number of hydrogen-bond donors (Lipinski definition) is 0. The Bertz CT molecular complexity index is 892. The number of likely N-dealkylation sites (tertiary alicyclic amines) is 1. The van der Waals surface area contributed by atoms with E-state index >= 15 is 0 Å². The van der Waals surface area contributed by atoms with Crippen LogP contribution in [0.5, 0.6) is 0 Å². The minimum absolute atomic E-state index is 0.125. The van der Waals surface area contributed by atoms with Gasteiger partial charge in [0, 0.05) is 36.9 Å². The molecule has 2 aliphatic heterocycles. The van der Waals surface area contributed by atoms with Gasteiger partial charge in [-0.25, -0.2) is 0 Å². The quantitative estimate of drug-likeness (QED) is 0.562. The Morgan fingerprint density at radius 3 is 2.28 bits per heavy atom. The predicted molar refractivity (Wildman–Crippen MR) is 109 cm³/mol. The molecule has 1 saturated carbocycles. The number of fused-ring (bicyclic) bond motifs is 5. The summed E-state index contributed by atoms with van der Waals surface area (Å²) in [5.41, 5.74) is 2.24. The molecule has 2 heterocycles. The number of imide groups is 1. The highest BCUT2D eigenvalue weighted by molar-refractivity contribution is 6.30. The summed E-state index contributed by atoms with van der Waals surface area (Å²) in [6.45, 7) is 4.47. The molecule has 2 saturated heterocycles. The molecule has 29 heavy (non-hydrogen) atoms. The molecule has 3 fully saturated rings. The first-order valence-electron chi connectivity index (χ1n) is 10.3. The van der Waals surface area contributed by atoms with Crippen molar-refractivity contribution in [2.45, 2.75) is 13.3 Å². The molecule has 4 atom stereocenters. The summed E-state index contributed by atoms with van der Waals surface area (Å²) >= 11 is 6.14. The second kappa shape index (κ2) is 6.87. The van der Waals surface area contributed by atoms with Crippen molar-refractivity contribution in [3.05, 3.63) is 40.9 Å². The summed E-state index contributed by atoms with van der Waals surface area (Å²) in [4.78, 5) is 43.6. The van der Waals surface area contributed by atoms with Crippen LogP contribution < -0.4 is 4.90 Å². The fraction of sp³-hybridized carbons (Fsp3) is 0.500. The number of carbonyl (C=O) groups is 3. The zero-order valence-corrected chi connectivity index (χ0v) is 17.1. The average Bonchev–Trinajstić information content (AvgIpc) is 3.40. The van der Waals surface area contributed by atoms with Gasteiger partial charge in [0.1, 0.15) is 6.54 Å². The third-order valence-corrected chi connectivity index (χ3v) is 7.23. The number of anilines is 1. The lowest BCUT2D eigenvalue weighted by Gasteiger charge is -2.37. The SMILES string of the molecule is Cc1ccc(Cl)cc1N1CCN(C(=O)CN2C(=O)[C@@H]3[C@H](C2=O)[C@H]2C=C[C@H]3C2)CC1. The topological polar surface area (TPSA) is 60.9 Å². The lowest BCUT2D eigenvalue weighted by molar-refractivity contribution is -0.147. The van der Waals surface area contributed by atoms with Crippen molar-refractivity contribution in [3.63, 3.8) is 0 Å². The molecule has 2 bridgehead atoms. The summed E-state index contributed by atoms with van der Waals surface area (Å²) in [5.74, 6) is -0.593. The molecule has 0 unspecified atom stereocenters. The fourth-order valence-electron chi connectivity index (χ4n) is 5.48. The van der Waals surface area contributed by atoms with E-state index in [1.165, 1.54) is 4.90 Å². The van der Waals surface area contributed by atoms with Gasteiger partial charge in [-0.15, -0.1) is 0 Å². The van der Waals surface area contributed by atoms with Gasteiger partial charge in [0.05, 0.1) is 11.8 Å². The van der Waals surface area contributed by atoms with Crippen LogP contribution in [0.2, 0.25) is 5.02 Å². The monoisotopic (exact) mass is 413 g/mol. The van der Waals surface area contributed by atoms with Crippen LogP contribution in [-0.4, -0.2) is 60.2 Å². The Morgan fingerprint density at radius 1 is 1.03 bits per heavy atom. The van der Waals surface area contributed by atoms with Crippen molar-refractivity contribution >= 4 is 35.0 Å². The number of aryl methyl sites for hydroxylation is 1. The van der Waals surface area contributed by atoms with Gasteiger partial charge in [-0.05, 0) is 42.9 Å². The number of allylic oxidation sites excluding steroid dienone is 2. The Kier molecular flexibility index (Phi) is 4.42. The minimum atomic E-state index is -0.243. The van der Waals surface area contributed by atoms with Crippen LogP contribution in [0, 0.1) is 30.6 Å². The molecular weight excluding hydrogens is 390 g/mol. The number of benzene rings is 1. The van der Waals surface area contributed by atoms with Gasteiger partial charge in [0.2, 0.25) is 17.7 Å². The predicted octanol–water partition coefficient (Wildman–Crippen LogP) is 2.10. The molecule has 1 aromatic carbocycles. The molecule has 7 heteroatoms. The van der Waals surface area contributed by atoms with E-state index in [4.69, 9.17) is 11.6 Å². The lowest BCUT2D eigenvalue weighted by Crippen LogP contribution is -2.52. The first-order valence-corrected chi connectivity index (χ1v) is 10.6. The van der Waals surface area contributed by atoms with Crippen molar-refractivity contribution in [2.75, 3.05) is 37.6 Å². The van der Waals surface area contributed by atoms with E-state index in [1.807, 2.05) is 25.1 Å². The Labute approximate surface area is 175 Å². The molecule has 152 valence electrons. The van der Waals surface area contributed by atoms with Gasteiger partial charge in [0.25, 0.3) is 0 Å². The van der Waals surface area contributed by atoms with Crippen LogP contribution in [0.1, 0.15) is 12.0 Å². The number of rotatable bonds is 3. The Balaban J connectivity index is 1.21. The molecule has 0 N–H and O–H groups in total. The van der Waals surface area contributed by atoms with E-state index in [0.29, 0.717) is 31.2 Å². The minimum Gasteiger partial charge on any atom is -0.368 e. The van der Waals surface area contributed by atoms with Crippen LogP contribution in [0.4, 0.5) is 5.69 Å². The van der Waals surface area contributed by atoms with Crippen molar-refractivity contribution < 1.29 is 14.4 Å². The van der Waals surface area contributed by atoms with Crippen molar-refractivity contribution in [2.24, 2.45) is 23.7 Å². The van der Waals surface area contributed by atoms with Crippen LogP contribution in [0.25, 0.3) is 0 Å². The highest BCUT2D eigenvalue weighted by Gasteiger charge is 2.59. The maximum Gasteiger partial charge on any atom is 0.242 e. The average molecular weight is 414 g/mol. The van der Waals surface area contributed by atoms with E-state index in [-0.39, 0.29) is 47.9 Å². The maximum absolute atomic E-state index is 12.8. The van der Waals surface area contributed by atoms with E-state index in [1.54, 1.807) is 4.90 Å². The fourth-order valence-corrected chi connectivity index (χ4v) is 5.64. The number of carbonyl (C=O) groups excluding carboxylic acids is 3. The first-order chi connectivity index (χ1) is 13.9. The largest absolute Gasteiger partial charge is 0.368 e. The van der Waals surface area contributed by atoms with E-state index in [9.17, 15) is 14.4 Å². The molecule has 1 aromatic rings. The summed E-state index contributed by atoms with van der Waals surface area (Å²) in [6.07, 6.45) is 5.04. The summed E-state index contributed by atoms with van der Waals surface area (Å²) in [7, 11) is 0. The number of amides is 3. The maximum atomic E-state index is 12.8. The highest BCUT2D eigenvalue weighted by atomic mass is 35.5. The first kappa shape index (κ1) is 18.7. The van der Waals surface area contributed by atoms with Gasteiger partial charge in [0.15, 0.2) is 0 Å². The van der Waals surface area contributed by atoms with E-state index in [2.05, 4.69) is 17.1 Å². The van der Waals surface area contributed by atoms with Crippen molar-refractivity contribution in [1.29, 1.82) is 0 Å². The second-order valence-electron chi connectivity index (χ2n) is 8.56. The summed E-state index contributed by atoms with van der Waals surface area (Å²) < 4.78 is 0. The van der Waals surface area contributed by atoms with Gasteiger partial charge < -0.3 is 9.80 Å². The van der Waals surface area contributed by atoms with E-state index < -0.39 is 0 Å². The standard InChI is InChI=1S/C22H24ClN3O3/c1-13-2-5-16(23)11-17(13)24-6-8-25(9-7-24)18(27)12-26-21(28)19-14-3-4-15(10-14)20(19)22(26)29/h2-5,11,14-15,19-20H,6-10,12H2,1H3/t14-,15-,19-,20+/m0/s1. The number of piperazine rings is 1. The number of nitrogens with zero attached hydrogens (tertiary/aromatic N) is 3.